The van der Waals surface area contributed by atoms with Crippen LogP contribution in [-0.4, -0.2) is 0 Å². The molecule has 1 unspecified atom stereocenters. The first kappa shape index (κ1) is 15.6. The van der Waals surface area contributed by atoms with E-state index in [0.717, 1.165) is 35.2 Å². The Hall–Kier alpha value is -7.74. The summed E-state index contributed by atoms with van der Waals surface area (Å²) in [5.74, 6) is 0. The molecule has 0 amide bonds. The molecule has 0 spiro atoms. The van der Waals surface area contributed by atoms with Crippen LogP contribution in [0.5, 0.6) is 0 Å². The van der Waals surface area contributed by atoms with Crippen molar-refractivity contribution in [3.8, 4) is 44.5 Å². The average Bonchev–Trinajstić information content (AvgIpc) is 1.52. The second kappa shape index (κ2) is 14.4. The number of benzene rings is 10. The highest BCUT2D eigenvalue weighted by Gasteiger charge is 2.46. The van der Waals surface area contributed by atoms with Gasteiger partial charge in [0.2, 0.25) is 0 Å². The van der Waals surface area contributed by atoms with E-state index < -0.39 is 295 Å². The molecule has 1 atom stereocenters. The van der Waals surface area contributed by atoms with Gasteiger partial charge in [-0.3, -0.25) is 0 Å². The van der Waals surface area contributed by atoms with Crippen molar-refractivity contribution in [2.45, 2.75) is 24.5 Å². The molecule has 10 aromatic carbocycles. The molecular weight excluding hydrogens is 759 g/mol. The lowest BCUT2D eigenvalue weighted by atomic mass is 9.67. The molecule has 2 aliphatic rings. The Morgan fingerprint density at radius 2 is 1.05 bits per heavy atom. The molecule has 10 aromatic rings. The fraction of sp³-hybridized carbons (Fsp3) is 0.0645. The van der Waals surface area contributed by atoms with Gasteiger partial charge in [0.15, 0.2) is 0 Å². The Balaban J connectivity index is 1.40. The molecule has 0 saturated carbocycles. The van der Waals surface area contributed by atoms with Crippen molar-refractivity contribution >= 4 is 27.8 Å². The highest BCUT2D eigenvalue weighted by Crippen LogP contribution is 2.59. The molecule has 0 aromatic heterocycles. The topological polar surface area (TPSA) is 3.24 Å². The molecule has 0 aliphatic heterocycles. The molecular formula is C62H45N. The normalized spacial score (nSPS) is 23.8. The number of fused-ring (bicyclic) bond motifs is 7. The summed E-state index contributed by atoms with van der Waals surface area (Å²) in [6.07, 6.45) is 0. The number of hydrogen-bond acceptors (Lipinski definition) is 1. The molecule has 0 fully saturated rings. The molecule has 0 bridgehead atoms. The van der Waals surface area contributed by atoms with Crippen molar-refractivity contribution in [1.82, 2.24) is 0 Å². The molecule has 298 valence electrons. The van der Waals surface area contributed by atoms with Crippen LogP contribution in [0.4, 0.5) is 17.1 Å². The van der Waals surface area contributed by atoms with Crippen LogP contribution in [0.15, 0.2) is 236 Å². The van der Waals surface area contributed by atoms with E-state index in [2.05, 4.69) is 0 Å². The van der Waals surface area contributed by atoms with E-state index in [4.69, 9.17) is 21.9 Å². The summed E-state index contributed by atoms with van der Waals surface area (Å²) in [6, 6.07) is -20.0. The summed E-state index contributed by atoms with van der Waals surface area (Å²) in [5.41, 5.74) is -18.7. The van der Waals surface area contributed by atoms with Crippen molar-refractivity contribution in [3.05, 3.63) is 269 Å². The Morgan fingerprint density at radius 1 is 0.413 bits per heavy atom. The summed E-state index contributed by atoms with van der Waals surface area (Å²) in [4.78, 5) is 0.849. The SMILES string of the molecule is [2H]c1cc(C2(c3c([2H])c([2H])c([2H])c([2H])c3[2H])c3cc(N(c4ccc([2H])c5c4-c4c([2H])c([2H])c([2H])c([2H])c4C5(C([2H])([2H])[2H])C([2H])([2H])[2H])c4cc([2H])c5c([2H])c([2H])c([2H])c([2H])c5c4-c4ccc(-c5c([2H])c([2H])c([2H])c([2H])c5[2H])cc4)c([2H])c([2H])c3-c3c([2H])c([2H])c([2H])c([2H])c32)c([2H])c([2H])c1[2H]. The Labute approximate surface area is 420 Å². The molecule has 0 N–H and O–H groups in total. The van der Waals surface area contributed by atoms with Gasteiger partial charge >= 0.3 is 0 Å². The minimum atomic E-state index is -3.94. The first-order valence-corrected chi connectivity index (χ1v) is 19.1. The van der Waals surface area contributed by atoms with E-state index in [1.165, 1.54) is 24.3 Å². The summed E-state index contributed by atoms with van der Waals surface area (Å²) in [7, 11) is 0. The zero-order valence-corrected chi connectivity index (χ0v) is 32.1. The van der Waals surface area contributed by atoms with Crippen molar-refractivity contribution < 1.29 is 49.3 Å². The van der Waals surface area contributed by atoms with Gasteiger partial charge < -0.3 is 4.90 Å². The third kappa shape index (κ3) is 5.56. The first-order chi connectivity index (χ1) is 46.0. The van der Waals surface area contributed by atoms with Crippen LogP contribution in [0.1, 0.15) is 96.4 Å². The predicted molar refractivity (Wildman–Crippen MR) is 264 cm³/mol. The minimum absolute atomic E-state index is 0.0553. The monoisotopic (exact) mass is 840 g/mol. The molecule has 1 nitrogen and oxygen atoms in total. The smallest absolute Gasteiger partial charge is 0.0714 e. The van der Waals surface area contributed by atoms with E-state index >= 15 is 0 Å². The van der Waals surface area contributed by atoms with Crippen LogP contribution in [0, 0.1) is 0 Å². The Morgan fingerprint density at radius 3 is 1.86 bits per heavy atom. The molecule has 0 saturated heterocycles. The Kier molecular flexibility index (Phi) is 3.56. The van der Waals surface area contributed by atoms with E-state index in [9.17, 15) is 27.4 Å². The highest BCUT2D eigenvalue weighted by atomic mass is 15.1. The highest BCUT2D eigenvalue weighted by molar-refractivity contribution is 6.07. The molecule has 0 radical (unpaired) electrons. The minimum Gasteiger partial charge on any atom is -0.309 e. The molecule has 1 heteroatoms. The van der Waals surface area contributed by atoms with Crippen molar-refractivity contribution in [2.24, 2.45) is 0 Å². The van der Waals surface area contributed by atoms with Crippen LogP contribution in [0.2, 0.25) is 0 Å². The zero-order chi connectivity index (χ0) is 73.2. The number of hydrogen-bond donors (Lipinski definition) is 0. The third-order valence-electron chi connectivity index (χ3n) is 11.3. The largest absolute Gasteiger partial charge is 0.309 e. The Bertz CT molecular complexity index is 5290. The van der Waals surface area contributed by atoms with E-state index in [1.807, 2.05) is 0 Å². The van der Waals surface area contributed by atoms with Crippen LogP contribution in [0.25, 0.3) is 55.3 Å². The van der Waals surface area contributed by atoms with Gasteiger partial charge in [-0.2, -0.15) is 0 Å². The molecule has 12 rings (SSSR count). The van der Waals surface area contributed by atoms with Crippen molar-refractivity contribution in [3.63, 3.8) is 0 Å². The number of rotatable bonds is 7. The summed E-state index contributed by atoms with van der Waals surface area (Å²) < 4.78 is 333. The van der Waals surface area contributed by atoms with Gasteiger partial charge in [0.1, 0.15) is 0 Å². The van der Waals surface area contributed by atoms with Gasteiger partial charge in [-0.05, 0) is 102 Å². The van der Waals surface area contributed by atoms with Gasteiger partial charge in [0, 0.05) is 30.5 Å². The maximum Gasteiger partial charge on any atom is 0.0714 e. The van der Waals surface area contributed by atoms with Crippen molar-refractivity contribution in [2.75, 3.05) is 4.90 Å². The van der Waals surface area contributed by atoms with E-state index in [1.54, 1.807) is 0 Å². The van der Waals surface area contributed by atoms with Gasteiger partial charge in [-0.1, -0.05) is 225 Å². The summed E-state index contributed by atoms with van der Waals surface area (Å²) in [5, 5.41) is -1.11. The second-order valence-corrected chi connectivity index (χ2v) is 14.5. The quantitative estimate of drug-likeness (QED) is 0.155. The maximum atomic E-state index is 10.5. The summed E-state index contributed by atoms with van der Waals surface area (Å²) in [6.45, 7) is -7.88. The predicted octanol–water partition coefficient (Wildman–Crippen LogP) is 16.3. The molecule has 63 heavy (non-hydrogen) atoms. The fourth-order valence-corrected chi connectivity index (χ4v) is 8.69. The van der Waals surface area contributed by atoms with Crippen LogP contribution < -0.4 is 4.90 Å². The van der Waals surface area contributed by atoms with Crippen molar-refractivity contribution in [1.29, 1.82) is 0 Å². The number of nitrogens with zero attached hydrogens (tertiary/aromatic N) is 1. The van der Waals surface area contributed by atoms with E-state index in [0.29, 0.717) is 0 Å². The van der Waals surface area contributed by atoms with Gasteiger partial charge in [0.25, 0.3) is 0 Å². The molecule has 0 heterocycles. The van der Waals surface area contributed by atoms with E-state index in [-0.39, 0.29) is 16.7 Å². The van der Waals surface area contributed by atoms with Gasteiger partial charge in [0.05, 0.1) is 57.9 Å². The lowest BCUT2D eigenvalue weighted by molar-refractivity contribution is 0.660. The number of anilines is 3. The van der Waals surface area contributed by atoms with Gasteiger partial charge in [-0.15, -0.1) is 0 Å². The lowest BCUT2D eigenvalue weighted by Gasteiger charge is -2.35. The fourth-order valence-electron chi connectivity index (χ4n) is 8.69. The first-order valence-electron chi connectivity index (χ1n) is 37.1. The third-order valence-corrected chi connectivity index (χ3v) is 11.3. The second-order valence-electron chi connectivity index (χ2n) is 14.5. The zero-order valence-electron chi connectivity index (χ0n) is 68.1. The van der Waals surface area contributed by atoms with Crippen LogP contribution in [0.3, 0.4) is 0 Å². The maximum absolute atomic E-state index is 10.5. The molecule has 2 aliphatic carbocycles. The van der Waals surface area contributed by atoms with Crippen LogP contribution >= 0.6 is 0 Å². The van der Waals surface area contributed by atoms with Gasteiger partial charge in [-0.25, -0.2) is 0 Å². The lowest BCUT2D eigenvalue weighted by Crippen LogP contribution is -2.28. The standard InChI is InChI=1S/C62H45N/c1-61(2)53-29-16-15-28-52(53)60-55(61)31-18-32-57(60)63(58-40-37-44-21-12-13-26-49(44)59(58)45-35-33-43(34-36-45)42-19-6-3-7-20-42)48-38-39-51-50-27-14-17-30-54(50)62(56(51)41-48,46-22-8-4-9-23-46)47-24-10-5-11-25-47/h3-41H,1-2H3/i1D3,2D3,3D,4D,5D,6D,7D,8D,9D,10D,11D,12D,13D,14D,15D,16D,17D,19D,20D,21D,22D,23D,24D,26D,27D,28D,29D,30D,31D,37D,38D,39D. The van der Waals surface area contributed by atoms with Crippen LogP contribution in [-0.2, 0) is 10.8 Å². The average molecular weight is 840 g/mol. The summed E-state index contributed by atoms with van der Waals surface area (Å²) >= 11 is 0.